The molecule has 0 spiro atoms. The van der Waals surface area contributed by atoms with Crippen LogP contribution in [0.15, 0.2) is 18.3 Å². The Morgan fingerprint density at radius 1 is 1.19 bits per heavy atom. The van der Waals surface area contributed by atoms with E-state index in [-0.39, 0.29) is 0 Å². The fourth-order valence-electron chi connectivity index (χ4n) is 2.14. The van der Waals surface area contributed by atoms with E-state index in [1.807, 2.05) is 12.1 Å². The number of hydrogen-bond donors (Lipinski definition) is 1. The number of nitrogen functional groups attached to an aromatic ring is 1. The number of ether oxygens (including phenoxy) is 1. The van der Waals surface area contributed by atoms with Crippen molar-refractivity contribution >= 4 is 5.82 Å². The van der Waals surface area contributed by atoms with Crippen molar-refractivity contribution in [1.29, 1.82) is 0 Å². The second-order valence-electron chi connectivity index (χ2n) is 4.52. The SMILES string of the molecule is Nc1ccc(COC2CCCCCC2)cn1. The third-order valence-corrected chi connectivity index (χ3v) is 3.14. The van der Waals surface area contributed by atoms with Crippen LogP contribution in [0.25, 0.3) is 0 Å². The van der Waals surface area contributed by atoms with Crippen LogP contribution in [0.4, 0.5) is 5.82 Å². The van der Waals surface area contributed by atoms with Crippen molar-refractivity contribution in [3.05, 3.63) is 23.9 Å². The second kappa shape index (κ2) is 5.85. The number of aromatic nitrogens is 1. The van der Waals surface area contributed by atoms with Crippen LogP contribution < -0.4 is 5.73 Å². The zero-order valence-electron chi connectivity index (χ0n) is 9.69. The summed E-state index contributed by atoms with van der Waals surface area (Å²) in [4.78, 5) is 4.06. The smallest absolute Gasteiger partial charge is 0.123 e. The van der Waals surface area contributed by atoms with Gasteiger partial charge in [0.15, 0.2) is 0 Å². The lowest BCUT2D eigenvalue weighted by Crippen LogP contribution is -2.11. The topological polar surface area (TPSA) is 48.1 Å². The fourth-order valence-corrected chi connectivity index (χ4v) is 2.14. The van der Waals surface area contributed by atoms with Crippen molar-refractivity contribution in [1.82, 2.24) is 4.98 Å². The Morgan fingerprint density at radius 3 is 2.56 bits per heavy atom. The molecular weight excluding hydrogens is 200 g/mol. The highest BCUT2D eigenvalue weighted by atomic mass is 16.5. The summed E-state index contributed by atoms with van der Waals surface area (Å²) in [5.74, 6) is 0.568. The van der Waals surface area contributed by atoms with Crippen molar-refractivity contribution in [2.45, 2.75) is 51.2 Å². The molecular formula is C13H20N2O. The average molecular weight is 220 g/mol. The second-order valence-corrected chi connectivity index (χ2v) is 4.52. The van der Waals surface area contributed by atoms with Gasteiger partial charge in [-0.2, -0.15) is 0 Å². The summed E-state index contributed by atoms with van der Waals surface area (Å²) in [6.07, 6.45) is 10.0. The van der Waals surface area contributed by atoms with E-state index in [0.29, 0.717) is 18.5 Å². The van der Waals surface area contributed by atoms with E-state index in [0.717, 1.165) is 5.56 Å². The number of rotatable bonds is 3. The molecule has 16 heavy (non-hydrogen) atoms. The molecule has 1 aliphatic rings. The van der Waals surface area contributed by atoms with Gasteiger partial charge in [-0.25, -0.2) is 4.98 Å². The molecule has 2 N–H and O–H groups in total. The summed E-state index contributed by atoms with van der Waals surface area (Å²) in [7, 11) is 0. The van der Waals surface area contributed by atoms with Gasteiger partial charge in [-0.05, 0) is 24.5 Å². The van der Waals surface area contributed by atoms with Gasteiger partial charge in [-0.3, -0.25) is 0 Å². The van der Waals surface area contributed by atoms with Crippen LogP contribution in [0.1, 0.15) is 44.1 Å². The van der Waals surface area contributed by atoms with Crippen molar-refractivity contribution in [2.75, 3.05) is 5.73 Å². The lowest BCUT2D eigenvalue weighted by molar-refractivity contribution is 0.0308. The predicted molar refractivity (Wildman–Crippen MR) is 64.9 cm³/mol. The first kappa shape index (κ1) is 11.4. The molecule has 88 valence electrons. The Bertz CT molecular complexity index is 302. The van der Waals surface area contributed by atoms with E-state index in [2.05, 4.69) is 4.98 Å². The van der Waals surface area contributed by atoms with Crippen LogP contribution in [-0.4, -0.2) is 11.1 Å². The molecule has 0 amide bonds. The van der Waals surface area contributed by atoms with Gasteiger partial charge in [0.1, 0.15) is 5.82 Å². The Morgan fingerprint density at radius 2 is 1.94 bits per heavy atom. The van der Waals surface area contributed by atoms with Gasteiger partial charge in [0.2, 0.25) is 0 Å². The average Bonchev–Trinajstić information content (AvgIpc) is 2.57. The lowest BCUT2D eigenvalue weighted by atomic mass is 10.1. The van der Waals surface area contributed by atoms with Gasteiger partial charge >= 0.3 is 0 Å². The molecule has 1 saturated carbocycles. The minimum Gasteiger partial charge on any atom is -0.384 e. The van der Waals surface area contributed by atoms with Crippen molar-refractivity contribution in [3.63, 3.8) is 0 Å². The highest BCUT2D eigenvalue weighted by Crippen LogP contribution is 2.20. The Balaban J connectivity index is 1.79. The standard InChI is InChI=1S/C13H20N2O/c14-13-8-7-11(9-15-13)10-16-12-5-3-1-2-4-6-12/h7-9,12H,1-6,10H2,(H2,14,15). The van der Waals surface area contributed by atoms with Crippen LogP contribution in [0.2, 0.25) is 0 Å². The summed E-state index contributed by atoms with van der Waals surface area (Å²) in [6, 6.07) is 3.81. The first-order valence-electron chi connectivity index (χ1n) is 6.16. The molecule has 1 aliphatic carbocycles. The summed E-state index contributed by atoms with van der Waals surface area (Å²) in [5.41, 5.74) is 6.64. The fraction of sp³-hybridized carbons (Fsp3) is 0.615. The minimum atomic E-state index is 0.444. The van der Waals surface area contributed by atoms with Crippen LogP contribution >= 0.6 is 0 Å². The Hall–Kier alpha value is -1.09. The molecule has 0 aliphatic heterocycles. The predicted octanol–water partition coefficient (Wildman–Crippen LogP) is 2.90. The number of nitrogens with two attached hydrogens (primary N) is 1. The third kappa shape index (κ3) is 3.49. The quantitative estimate of drug-likeness (QED) is 0.797. The maximum Gasteiger partial charge on any atom is 0.123 e. The number of hydrogen-bond acceptors (Lipinski definition) is 3. The van der Waals surface area contributed by atoms with Crippen LogP contribution in [0.3, 0.4) is 0 Å². The van der Waals surface area contributed by atoms with Gasteiger partial charge in [-0.15, -0.1) is 0 Å². The van der Waals surface area contributed by atoms with Crippen LogP contribution in [0.5, 0.6) is 0 Å². The molecule has 0 radical (unpaired) electrons. The molecule has 0 atom stereocenters. The molecule has 1 heterocycles. The highest BCUT2D eigenvalue weighted by molar-refractivity contribution is 5.28. The number of anilines is 1. The molecule has 1 aromatic heterocycles. The van der Waals surface area contributed by atoms with E-state index < -0.39 is 0 Å². The normalized spacial score (nSPS) is 18.2. The van der Waals surface area contributed by atoms with Gasteiger partial charge in [0, 0.05) is 6.20 Å². The first-order chi connectivity index (χ1) is 7.84. The van der Waals surface area contributed by atoms with E-state index in [9.17, 15) is 0 Å². The Labute approximate surface area is 97.0 Å². The maximum atomic E-state index is 5.91. The molecule has 2 rings (SSSR count). The maximum absolute atomic E-state index is 5.91. The summed E-state index contributed by atoms with van der Waals surface area (Å²) < 4.78 is 5.91. The third-order valence-electron chi connectivity index (χ3n) is 3.14. The van der Waals surface area contributed by atoms with Gasteiger partial charge in [-0.1, -0.05) is 31.7 Å². The van der Waals surface area contributed by atoms with Crippen LogP contribution in [-0.2, 0) is 11.3 Å². The molecule has 0 bridgehead atoms. The molecule has 3 heteroatoms. The molecule has 0 aromatic carbocycles. The van der Waals surface area contributed by atoms with Gasteiger partial charge in [0.05, 0.1) is 12.7 Å². The van der Waals surface area contributed by atoms with E-state index >= 15 is 0 Å². The van der Waals surface area contributed by atoms with Crippen molar-refractivity contribution in [2.24, 2.45) is 0 Å². The summed E-state index contributed by atoms with van der Waals surface area (Å²) in [6.45, 7) is 0.665. The lowest BCUT2D eigenvalue weighted by Gasteiger charge is -2.15. The van der Waals surface area contributed by atoms with Crippen LogP contribution in [0, 0.1) is 0 Å². The Kier molecular flexibility index (Phi) is 4.17. The molecule has 0 saturated heterocycles. The monoisotopic (exact) mass is 220 g/mol. The molecule has 1 fully saturated rings. The van der Waals surface area contributed by atoms with E-state index in [4.69, 9.17) is 10.5 Å². The molecule has 3 nitrogen and oxygen atoms in total. The van der Waals surface area contributed by atoms with Crippen molar-refractivity contribution in [3.8, 4) is 0 Å². The first-order valence-corrected chi connectivity index (χ1v) is 6.16. The highest BCUT2D eigenvalue weighted by Gasteiger charge is 2.12. The molecule has 0 unspecified atom stereocenters. The zero-order chi connectivity index (χ0) is 11.2. The number of pyridine rings is 1. The largest absolute Gasteiger partial charge is 0.384 e. The minimum absolute atomic E-state index is 0.444. The molecule has 1 aromatic rings. The van der Waals surface area contributed by atoms with Crippen molar-refractivity contribution < 1.29 is 4.74 Å². The summed E-state index contributed by atoms with van der Waals surface area (Å²) in [5, 5.41) is 0. The van der Waals surface area contributed by atoms with Gasteiger partial charge in [0.25, 0.3) is 0 Å². The van der Waals surface area contributed by atoms with E-state index in [1.165, 1.54) is 38.5 Å². The van der Waals surface area contributed by atoms with Gasteiger partial charge < -0.3 is 10.5 Å². The zero-order valence-corrected chi connectivity index (χ0v) is 9.69. The van der Waals surface area contributed by atoms with E-state index in [1.54, 1.807) is 6.20 Å². The number of nitrogens with zero attached hydrogens (tertiary/aromatic N) is 1. The summed E-state index contributed by atoms with van der Waals surface area (Å²) >= 11 is 0.